The molecule has 1 fully saturated rings. The number of nitrogens with zero attached hydrogens (tertiary/aromatic N) is 1. The van der Waals surface area contributed by atoms with Gasteiger partial charge in [-0.15, -0.1) is 0 Å². The first-order chi connectivity index (χ1) is 13.9. The highest BCUT2D eigenvalue weighted by Gasteiger charge is 2.30. The average Bonchev–Trinajstić information content (AvgIpc) is 3.24. The number of sulfonamides is 1. The summed E-state index contributed by atoms with van der Waals surface area (Å²) < 4.78 is 51.6. The van der Waals surface area contributed by atoms with Crippen LogP contribution in [0.25, 0.3) is 0 Å². The summed E-state index contributed by atoms with van der Waals surface area (Å²) in [6.07, 6.45) is 1.63. The highest BCUT2D eigenvalue weighted by atomic mass is 32.2. The Hall–Kier alpha value is -2.65. The maximum Gasteiger partial charge on any atom is 0.262 e. The molecule has 0 unspecified atom stereocenters. The van der Waals surface area contributed by atoms with Crippen LogP contribution in [0.2, 0.25) is 0 Å². The van der Waals surface area contributed by atoms with E-state index >= 15 is 0 Å². The number of amides is 1. The van der Waals surface area contributed by atoms with Crippen LogP contribution in [0.15, 0.2) is 47.4 Å². The summed E-state index contributed by atoms with van der Waals surface area (Å²) in [5.41, 5.74) is 0.286. The van der Waals surface area contributed by atoms with Gasteiger partial charge in [0.05, 0.1) is 6.61 Å². The Morgan fingerprint density at radius 1 is 1.10 bits per heavy atom. The third kappa shape index (κ3) is 5.04. The van der Waals surface area contributed by atoms with Gasteiger partial charge >= 0.3 is 0 Å². The van der Waals surface area contributed by atoms with E-state index in [2.05, 4.69) is 5.32 Å². The summed E-state index contributed by atoms with van der Waals surface area (Å²) in [7, 11) is -3.73. The summed E-state index contributed by atoms with van der Waals surface area (Å²) in [4.78, 5) is 12.2. The van der Waals surface area contributed by atoms with Gasteiger partial charge in [-0.05, 0) is 50.1 Å². The molecule has 0 radical (unpaired) electrons. The number of carbonyl (C=O) groups excluding carboxylic acids is 1. The first kappa shape index (κ1) is 21.1. The van der Waals surface area contributed by atoms with Gasteiger partial charge in [0.25, 0.3) is 5.91 Å². The molecule has 0 bridgehead atoms. The van der Waals surface area contributed by atoms with Crippen LogP contribution < -0.4 is 14.8 Å². The van der Waals surface area contributed by atoms with Crippen LogP contribution >= 0.6 is 0 Å². The second-order valence-corrected chi connectivity index (χ2v) is 8.38. The second-order valence-electron chi connectivity index (χ2n) is 6.47. The number of anilines is 1. The van der Waals surface area contributed by atoms with E-state index in [1.165, 1.54) is 34.6 Å². The lowest BCUT2D eigenvalue weighted by atomic mass is 10.3. The smallest absolute Gasteiger partial charge is 0.262 e. The van der Waals surface area contributed by atoms with E-state index in [4.69, 9.17) is 9.47 Å². The van der Waals surface area contributed by atoms with Crippen molar-refractivity contribution < 1.29 is 27.1 Å². The van der Waals surface area contributed by atoms with Crippen LogP contribution in [0.3, 0.4) is 0 Å². The molecule has 0 aromatic heterocycles. The molecule has 7 nitrogen and oxygen atoms in total. The van der Waals surface area contributed by atoms with Gasteiger partial charge < -0.3 is 14.8 Å². The second kappa shape index (κ2) is 9.23. The van der Waals surface area contributed by atoms with Gasteiger partial charge in [-0.1, -0.05) is 12.1 Å². The number of ether oxygens (including phenoxy) is 2. The fraction of sp³-hybridized carbons (Fsp3) is 0.350. The summed E-state index contributed by atoms with van der Waals surface area (Å²) in [5.74, 6) is -0.908. The molecule has 29 heavy (non-hydrogen) atoms. The van der Waals surface area contributed by atoms with Crippen molar-refractivity contribution in [3.63, 3.8) is 0 Å². The highest BCUT2D eigenvalue weighted by Crippen LogP contribution is 2.31. The molecule has 0 spiro atoms. The predicted molar refractivity (Wildman–Crippen MR) is 106 cm³/mol. The van der Waals surface area contributed by atoms with Gasteiger partial charge in [0.1, 0.15) is 10.6 Å². The van der Waals surface area contributed by atoms with Crippen LogP contribution in [0.4, 0.5) is 10.1 Å². The largest absolute Gasteiger partial charge is 0.492 e. The van der Waals surface area contributed by atoms with Crippen molar-refractivity contribution in [1.82, 2.24) is 4.31 Å². The number of nitrogens with one attached hydrogen (secondary N) is 1. The van der Waals surface area contributed by atoms with Crippen molar-refractivity contribution in [1.29, 1.82) is 0 Å². The molecule has 1 heterocycles. The van der Waals surface area contributed by atoms with E-state index in [1.54, 1.807) is 19.1 Å². The fourth-order valence-corrected chi connectivity index (χ4v) is 4.71. The first-order valence-electron chi connectivity index (χ1n) is 9.36. The maximum absolute atomic E-state index is 13.6. The number of hydrogen-bond acceptors (Lipinski definition) is 5. The standard InChI is InChI=1S/C20H23FN2O5S/c1-2-27-18-10-9-15(13-19(18)29(25,26)23-11-5-6-12-23)22-20(24)14-28-17-8-4-3-7-16(17)21/h3-4,7-10,13H,2,5-6,11-12,14H2,1H3,(H,22,24). The summed E-state index contributed by atoms with van der Waals surface area (Å²) in [6.45, 7) is 2.58. The molecule has 1 aliphatic heterocycles. The molecule has 1 N–H and O–H groups in total. The predicted octanol–water partition coefficient (Wildman–Crippen LogP) is 3.03. The Balaban J connectivity index is 1.76. The van der Waals surface area contributed by atoms with Crippen molar-refractivity contribution >= 4 is 21.6 Å². The van der Waals surface area contributed by atoms with E-state index in [9.17, 15) is 17.6 Å². The van der Waals surface area contributed by atoms with E-state index in [1.807, 2.05) is 0 Å². The molecule has 1 amide bonds. The Labute approximate surface area is 169 Å². The third-order valence-corrected chi connectivity index (χ3v) is 6.33. The maximum atomic E-state index is 13.6. The van der Waals surface area contributed by atoms with Crippen molar-refractivity contribution in [2.75, 3.05) is 31.6 Å². The zero-order chi connectivity index (χ0) is 20.9. The van der Waals surface area contributed by atoms with E-state index in [-0.39, 0.29) is 22.1 Å². The summed E-state index contributed by atoms with van der Waals surface area (Å²) >= 11 is 0. The number of halogens is 1. The zero-order valence-electron chi connectivity index (χ0n) is 16.1. The van der Waals surface area contributed by atoms with Gasteiger partial charge in [0, 0.05) is 18.8 Å². The minimum atomic E-state index is -3.73. The van der Waals surface area contributed by atoms with Gasteiger partial charge in [-0.3, -0.25) is 4.79 Å². The molecule has 0 atom stereocenters. The SMILES string of the molecule is CCOc1ccc(NC(=O)COc2ccccc2F)cc1S(=O)(=O)N1CCCC1. The quantitative estimate of drug-likeness (QED) is 0.707. The Bertz CT molecular complexity index is 975. The minimum Gasteiger partial charge on any atom is -0.492 e. The Kier molecular flexibility index (Phi) is 6.71. The molecular weight excluding hydrogens is 399 g/mol. The molecule has 9 heteroatoms. The lowest BCUT2D eigenvalue weighted by Crippen LogP contribution is -2.28. The first-order valence-corrected chi connectivity index (χ1v) is 10.8. The molecule has 2 aromatic carbocycles. The average molecular weight is 422 g/mol. The van der Waals surface area contributed by atoms with Crippen molar-refractivity contribution in [2.45, 2.75) is 24.7 Å². The number of carbonyl (C=O) groups is 1. The van der Waals surface area contributed by atoms with Crippen LogP contribution in [0.1, 0.15) is 19.8 Å². The van der Waals surface area contributed by atoms with Gasteiger partial charge in [-0.25, -0.2) is 12.8 Å². The minimum absolute atomic E-state index is 0.00840. The highest BCUT2D eigenvalue weighted by molar-refractivity contribution is 7.89. The fourth-order valence-electron chi connectivity index (χ4n) is 3.03. The van der Waals surface area contributed by atoms with Crippen LogP contribution in [-0.2, 0) is 14.8 Å². The van der Waals surface area contributed by atoms with Crippen molar-refractivity contribution in [2.24, 2.45) is 0 Å². The molecule has 156 valence electrons. The van der Waals surface area contributed by atoms with E-state index in [0.717, 1.165) is 12.8 Å². The Morgan fingerprint density at radius 2 is 1.83 bits per heavy atom. The molecule has 2 aromatic rings. The third-order valence-electron chi connectivity index (χ3n) is 4.41. The van der Waals surface area contributed by atoms with E-state index in [0.29, 0.717) is 19.7 Å². The number of rotatable bonds is 8. The molecule has 1 aliphatic rings. The number of benzene rings is 2. The lowest BCUT2D eigenvalue weighted by molar-refractivity contribution is -0.118. The zero-order valence-corrected chi connectivity index (χ0v) is 16.9. The molecule has 0 saturated carbocycles. The van der Waals surface area contributed by atoms with Crippen LogP contribution in [-0.4, -0.2) is 44.9 Å². The van der Waals surface area contributed by atoms with E-state index < -0.39 is 28.4 Å². The number of hydrogen-bond donors (Lipinski definition) is 1. The molecular formula is C20H23FN2O5S. The number of para-hydroxylation sites is 1. The normalized spacial score (nSPS) is 14.6. The molecule has 0 aliphatic carbocycles. The monoisotopic (exact) mass is 422 g/mol. The van der Waals surface area contributed by atoms with Gasteiger partial charge in [0.2, 0.25) is 10.0 Å². The van der Waals surface area contributed by atoms with Crippen LogP contribution in [0, 0.1) is 5.82 Å². The molecule has 1 saturated heterocycles. The summed E-state index contributed by atoms with van der Waals surface area (Å²) in [6, 6.07) is 10.2. The topological polar surface area (TPSA) is 84.9 Å². The van der Waals surface area contributed by atoms with Crippen LogP contribution in [0.5, 0.6) is 11.5 Å². The van der Waals surface area contributed by atoms with Crippen molar-refractivity contribution in [3.8, 4) is 11.5 Å². The summed E-state index contributed by atoms with van der Waals surface area (Å²) in [5, 5.41) is 2.58. The van der Waals surface area contributed by atoms with Gasteiger partial charge in [0.15, 0.2) is 18.2 Å². The van der Waals surface area contributed by atoms with Crippen molar-refractivity contribution in [3.05, 3.63) is 48.3 Å². The Morgan fingerprint density at radius 3 is 2.52 bits per heavy atom. The van der Waals surface area contributed by atoms with Gasteiger partial charge in [-0.2, -0.15) is 4.31 Å². The molecule has 3 rings (SSSR count). The lowest BCUT2D eigenvalue weighted by Gasteiger charge is -2.19.